The largest absolute Gasteiger partial charge is 0.461 e. The molecule has 1 aromatic rings. The summed E-state index contributed by atoms with van der Waals surface area (Å²) in [7, 11) is 0. The van der Waals surface area contributed by atoms with Crippen LogP contribution in [0.4, 0.5) is 5.69 Å². The molecule has 0 unspecified atom stereocenters. The molecule has 0 atom stereocenters. The third-order valence-electron chi connectivity index (χ3n) is 4.16. The Bertz CT molecular complexity index is 678. The number of benzene rings is 1. The number of hydrogen-bond acceptors (Lipinski definition) is 5. The average molecular weight is 346 g/mol. The number of carbonyl (C=O) groups excluding carboxylic acids is 2. The first-order valence-electron chi connectivity index (χ1n) is 8.46. The van der Waals surface area contributed by atoms with Crippen LogP contribution in [0.3, 0.4) is 0 Å². The molecule has 2 rings (SSSR count). The van der Waals surface area contributed by atoms with Crippen LogP contribution in [0.25, 0.3) is 6.08 Å². The lowest BCUT2D eigenvalue weighted by Gasteiger charge is -2.21. The standard InChI is InChI=1S/C18H22N2O5/c1-2-25-18(22)15(19-17(21)13-8-4-3-5-9-13)12-14-10-6-7-11-16(14)20(23)24/h6-7,10-13H,2-5,8-9H2,1H3,(H,19,21)/b15-12-. The van der Waals surface area contributed by atoms with Gasteiger partial charge in [-0.1, -0.05) is 31.4 Å². The van der Waals surface area contributed by atoms with E-state index in [0.717, 1.165) is 32.1 Å². The van der Waals surface area contributed by atoms with Gasteiger partial charge in [0.25, 0.3) is 5.69 Å². The molecular formula is C18H22N2O5. The number of amides is 1. The molecule has 134 valence electrons. The van der Waals surface area contributed by atoms with Crippen molar-refractivity contribution in [2.45, 2.75) is 39.0 Å². The smallest absolute Gasteiger partial charge is 0.354 e. The van der Waals surface area contributed by atoms with Gasteiger partial charge in [-0.15, -0.1) is 0 Å². The first-order chi connectivity index (χ1) is 12.0. The number of carbonyl (C=O) groups is 2. The van der Waals surface area contributed by atoms with Crippen molar-refractivity contribution < 1.29 is 19.2 Å². The second-order valence-corrected chi connectivity index (χ2v) is 5.92. The number of rotatable bonds is 6. The Morgan fingerprint density at radius 2 is 1.96 bits per heavy atom. The minimum Gasteiger partial charge on any atom is -0.461 e. The summed E-state index contributed by atoms with van der Waals surface area (Å²) in [6.45, 7) is 1.80. The first kappa shape index (κ1) is 18.6. The maximum atomic E-state index is 12.4. The maximum absolute atomic E-state index is 12.4. The monoisotopic (exact) mass is 346 g/mol. The highest BCUT2D eigenvalue weighted by atomic mass is 16.6. The quantitative estimate of drug-likeness (QED) is 0.369. The van der Waals surface area contributed by atoms with Gasteiger partial charge in [0.1, 0.15) is 5.70 Å². The summed E-state index contributed by atoms with van der Waals surface area (Å²) in [6.07, 6.45) is 5.96. The number of nitrogens with one attached hydrogen (secondary N) is 1. The summed E-state index contributed by atoms with van der Waals surface area (Å²) < 4.78 is 4.97. The van der Waals surface area contributed by atoms with Crippen molar-refractivity contribution in [2.75, 3.05) is 6.61 Å². The van der Waals surface area contributed by atoms with Crippen LogP contribution in [-0.2, 0) is 14.3 Å². The lowest BCUT2D eigenvalue weighted by molar-refractivity contribution is -0.385. The minimum atomic E-state index is -0.704. The average Bonchev–Trinajstić information content (AvgIpc) is 2.62. The summed E-state index contributed by atoms with van der Waals surface area (Å²) in [4.78, 5) is 35.2. The molecule has 0 aromatic heterocycles. The van der Waals surface area contributed by atoms with Crippen LogP contribution in [0.1, 0.15) is 44.6 Å². The van der Waals surface area contributed by atoms with E-state index in [1.165, 1.54) is 18.2 Å². The van der Waals surface area contributed by atoms with Gasteiger partial charge in [-0.3, -0.25) is 14.9 Å². The number of nitro groups is 1. The molecule has 0 spiro atoms. The van der Waals surface area contributed by atoms with Crippen LogP contribution in [0.5, 0.6) is 0 Å². The second kappa shape index (κ2) is 8.96. The van der Waals surface area contributed by atoms with Gasteiger partial charge in [0.2, 0.25) is 5.91 Å². The zero-order valence-corrected chi connectivity index (χ0v) is 14.2. The zero-order chi connectivity index (χ0) is 18.2. The van der Waals surface area contributed by atoms with Crippen molar-refractivity contribution in [1.82, 2.24) is 5.32 Å². The Morgan fingerprint density at radius 3 is 2.60 bits per heavy atom. The number of ether oxygens (including phenoxy) is 1. The predicted molar refractivity (Wildman–Crippen MR) is 92.4 cm³/mol. The maximum Gasteiger partial charge on any atom is 0.354 e. The van der Waals surface area contributed by atoms with Gasteiger partial charge in [0, 0.05) is 12.0 Å². The Morgan fingerprint density at radius 1 is 1.28 bits per heavy atom. The SMILES string of the molecule is CCOC(=O)/C(=C/c1ccccc1[N+](=O)[O-])NC(=O)C1CCCCC1. The van der Waals surface area contributed by atoms with Crippen molar-refractivity contribution in [3.63, 3.8) is 0 Å². The fourth-order valence-corrected chi connectivity index (χ4v) is 2.89. The van der Waals surface area contributed by atoms with E-state index in [0.29, 0.717) is 0 Å². The molecule has 0 radical (unpaired) electrons. The van der Waals surface area contributed by atoms with Crippen molar-refractivity contribution in [3.05, 3.63) is 45.6 Å². The van der Waals surface area contributed by atoms with E-state index < -0.39 is 10.9 Å². The normalized spacial score (nSPS) is 15.5. The number of hydrogen-bond donors (Lipinski definition) is 1. The molecule has 1 aromatic carbocycles. The van der Waals surface area contributed by atoms with E-state index in [1.807, 2.05) is 0 Å². The Balaban J connectivity index is 2.28. The molecule has 0 heterocycles. The third-order valence-corrected chi connectivity index (χ3v) is 4.16. The Labute approximate surface area is 146 Å². The van der Waals surface area contributed by atoms with Crippen LogP contribution < -0.4 is 5.32 Å². The van der Waals surface area contributed by atoms with Gasteiger partial charge in [0.05, 0.1) is 17.1 Å². The Kier molecular flexibility index (Phi) is 6.68. The predicted octanol–water partition coefficient (Wildman–Crippen LogP) is 3.20. The Hall–Kier alpha value is -2.70. The molecule has 1 aliphatic rings. The summed E-state index contributed by atoms with van der Waals surface area (Å²) in [5.74, 6) is -1.08. The lowest BCUT2D eigenvalue weighted by Crippen LogP contribution is -2.34. The molecular weight excluding hydrogens is 324 g/mol. The number of esters is 1. The molecule has 1 fully saturated rings. The molecule has 1 aliphatic carbocycles. The fourth-order valence-electron chi connectivity index (χ4n) is 2.89. The van der Waals surface area contributed by atoms with Crippen LogP contribution in [-0.4, -0.2) is 23.4 Å². The van der Waals surface area contributed by atoms with E-state index in [4.69, 9.17) is 4.74 Å². The van der Waals surface area contributed by atoms with Crippen LogP contribution in [0, 0.1) is 16.0 Å². The molecule has 7 nitrogen and oxygen atoms in total. The van der Waals surface area contributed by atoms with E-state index in [2.05, 4.69) is 5.32 Å². The number of nitrogens with zero attached hydrogens (tertiary/aromatic N) is 1. The summed E-state index contributed by atoms with van der Waals surface area (Å²) in [5, 5.41) is 13.8. The summed E-state index contributed by atoms with van der Waals surface area (Å²) in [5.41, 5.74) is 0.0161. The lowest BCUT2D eigenvalue weighted by atomic mass is 9.88. The first-order valence-corrected chi connectivity index (χ1v) is 8.46. The van der Waals surface area contributed by atoms with Crippen LogP contribution in [0.15, 0.2) is 30.0 Å². The van der Waals surface area contributed by atoms with Gasteiger partial charge < -0.3 is 10.1 Å². The van der Waals surface area contributed by atoms with E-state index in [1.54, 1.807) is 19.1 Å². The minimum absolute atomic E-state index is 0.0771. The summed E-state index contributed by atoms with van der Waals surface area (Å²) in [6, 6.07) is 6.03. The van der Waals surface area contributed by atoms with Gasteiger partial charge in [-0.25, -0.2) is 4.79 Å². The van der Waals surface area contributed by atoms with Crippen LogP contribution >= 0.6 is 0 Å². The van der Waals surface area contributed by atoms with Gasteiger partial charge >= 0.3 is 5.97 Å². The molecule has 0 saturated heterocycles. The van der Waals surface area contributed by atoms with E-state index in [9.17, 15) is 19.7 Å². The van der Waals surface area contributed by atoms with Crippen molar-refractivity contribution in [1.29, 1.82) is 0 Å². The van der Waals surface area contributed by atoms with E-state index in [-0.39, 0.29) is 35.4 Å². The van der Waals surface area contributed by atoms with Gasteiger partial charge in [-0.05, 0) is 31.9 Å². The molecule has 1 saturated carbocycles. The number of nitro benzene ring substituents is 1. The van der Waals surface area contributed by atoms with Crippen molar-refractivity contribution in [3.8, 4) is 0 Å². The van der Waals surface area contributed by atoms with Crippen molar-refractivity contribution >= 4 is 23.6 Å². The molecule has 0 bridgehead atoms. The van der Waals surface area contributed by atoms with E-state index >= 15 is 0 Å². The molecule has 1 amide bonds. The van der Waals surface area contributed by atoms with Crippen molar-refractivity contribution in [2.24, 2.45) is 5.92 Å². The van der Waals surface area contributed by atoms with Crippen LogP contribution in [0.2, 0.25) is 0 Å². The molecule has 0 aliphatic heterocycles. The zero-order valence-electron chi connectivity index (χ0n) is 14.2. The van der Waals surface area contributed by atoms with Gasteiger partial charge in [-0.2, -0.15) is 0 Å². The highest BCUT2D eigenvalue weighted by Crippen LogP contribution is 2.25. The third kappa shape index (κ3) is 5.14. The summed E-state index contributed by atoms with van der Waals surface area (Å²) >= 11 is 0. The topological polar surface area (TPSA) is 98.5 Å². The molecule has 7 heteroatoms. The highest BCUT2D eigenvalue weighted by molar-refractivity contribution is 5.98. The fraction of sp³-hybridized carbons (Fsp3) is 0.444. The molecule has 1 N–H and O–H groups in total. The second-order valence-electron chi connectivity index (χ2n) is 5.92. The van der Waals surface area contributed by atoms with Gasteiger partial charge in [0.15, 0.2) is 0 Å². The highest BCUT2D eigenvalue weighted by Gasteiger charge is 2.24. The number of para-hydroxylation sites is 1. The molecule has 25 heavy (non-hydrogen) atoms.